The molecular weight excluding hydrogens is 265 g/mol. The first-order valence-corrected chi connectivity index (χ1v) is 7.31. The van der Waals surface area contributed by atoms with Crippen LogP contribution < -0.4 is 4.72 Å². The Labute approximate surface area is 106 Å². The summed E-state index contributed by atoms with van der Waals surface area (Å²) in [6, 6.07) is 3.93. The second kappa shape index (κ2) is 5.80. The van der Waals surface area contributed by atoms with Crippen molar-refractivity contribution in [1.82, 2.24) is 4.72 Å². The van der Waals surface area contributed by atoms with E-state index in [9.17, 15) is 12.8 Å². The van der Waals surface area contributed by atoms with Gasteiger partial charge in [-0.05, 0) is 25.5 Å². The zero-order valence-corrected chi connectivity index (χ0v) is 11.3. The van der Waals surface area contributed by atoms with Gasteiger partial charge in [0.1, 0.15) is 5.82 Å². The zero-order chi connectivity index (χ0) is 13.1. The van der Waals surface area contributed by atoms with Gasteiger partial charge in [-0.3, -0.25) is 0 Å². The molecule has 1 atom stereocenters. The van der Waals surface area contributed by atoms with Crippen molar-refractivity contribution in [2.45, 2.75) is 32.1 Å². The van der Waals surface area contributed by atoms with Crippen molar-refractivity contribution in [3.8, 4) is 0 Å². The molecule has 1 N–H and O–H groups in total. The molecule has 1 aromatic carbocycles. The number of halogens is 2. The largest absolute Gasteiger partial charge is 0.216 e. The van der Waals surface area contributed by atoms with Crippen LogP contribution in [0.5, 0.6) is 0 Å². The maximum absolute atomic E-state index is 13.4. The average molecular weight is 280 g/mol. The average Bonchev–Trinajstić information content (AvgIpc) is 2.23. The lowest BCUT2D eigenvalue weighted by Gasteiger charge is -2.13. The van der Waals surface area contributed by atoms with Gasteiger partial charge in [0.2, 0.25) is 10.0 Å². The number of nitrogens with one attached hydrogen (secondary N) is 1. The summed E-state index contributed by atoms with van der Waals surface area (Å²) in [5.41, 5.74) is 0.00460. The van der Waals surface area contributed by atoms with Gasteiger partial charge in [-0.25, -0.2) is 17.5 Å². The number of sulfonamides is 1. The third-order valence-electron chi connectivity index (χ3n) is 2.39. The van der Waals surface area contributed by atoms with Gasteiger partial charge < -0.3 is 0 Å². The smallest absolute Gasteiger partial charge is 0.212 e. The molecule has 0 fully saturated rings. The molecule has 0 aliphatic rings. The molecule has 0 saturated carbocycles. The SMILES string of the molecule is CCC(C)NS(=O)(=O)Cc1c(F)cccc1Cl. The standard InChI is InChI=1S/C11H15ClFNO2S/c1-3-8(2)14-17(15,16)7-9-10(12)5-4-6-11(9)13/h4-6,8,14H,3,7H2,1-2H3. The van der Waals surface area contributed by atoms with Crippen LogP contribution in [0.15, 0.2) is 18.2 Å². The summed E-state index contributed by atoms with van der Waals surface area (Å²) < 4.78 is 39.4. The van der Waals surface area contributed by atoms with Crippen molar-refractivity contribution >= 4 is 21.6 Å². The Morgan fingerprint density at radius 2 is 2.12 bits per heavy atom. The van der Waals surface area contributed by atoms with Gasteiger partial charge in [0.05, 0.1) is 5.75 Å². The van der Waals surface area contributed by atoms with E-state index in [2.05, 4.69) is 4.72 Å². The summed E-state index contributed by atoms with van der Waals surface area (Å²) in [6.07, 6.45) is 0.671. The highest BCUT2D eigenvalue weighted by Crippen LogP contribution is 2.21. The molecule has 1 aromatic rings. The van der Waals surface area contributed by atoms with E-state index < -0.39 is 21.6 Å². The van der Waals surface area contributed by atoms with Gasteiger partial charge in [0.25, 0.3) is 0 Å². The first-order valence-electron chi connectivity index (χ1n) is 5.28. The highest BCUT2D eigenvalue weighted by Gasteiger charge is 2.18. The monoisotopic (exact) mass is 279 g/mol. The van der Waals surface area contributed by atoms with E-state index in [1.165, 1.54) is 18.2 Å². The Morgan fingerprint density at radius 1 is 1.47 bits per heavy atom. The van der Waals surface area contributed by atoms with Crippen molar-refractivity contribution in [3.63, 3.8) is 0 Å². The molecule has 0 aliphatic heterocycles. The van der Waals surface area contributed by atoms with Crippen molar-refractivity contribution in [3.05, 3.63) is 34.6 Å². The van der Waals surface area contributed by atoms with Crippen LogP contribution in [0.3, 0.4) is 0 Å². The number of rotatable bonds is 5. The van der Waals surface area contributed by atoms with Crippen LogP contribution in [0, 0.1) is 5.82 Å². The number of hydrogen-bond donors (Lipinski definition) is 1. The van der Waals surface area contributed by atoms with E-state index in [4.69, 9.17) is 11.6 Å². The summed E-state index contributed by atoms with van der Waals surface area (Å²) in [5.74, 6) is -1.05. The summed E-state index contributed by atoms with van der Waals surface area (Å²) >= 11 is 5.77. The normalized spacial score (nSPS) is 13.6. The Kier molecular flexibility index (Phi) is 4.91. The second-order valence-electron chi connectivity index (χ2n) is 3.89. The van der Waals surface area contributed by atoms with Crippen LogP contribution in [0.1, 0.15) is 25.8 Å². The summed E-state index contributed by atoms with van der Waals surface area (Å²) in [5, 5.41) is 0.125. The Morgan fingerprint density at radius 3 is 2.65 bits per heavy atom. The van der Waals surface area contributed by atoms with Crippen molar-refractivity contribution < 1.29 is 12.8 Å². The van der Waals surface area contributed by atoms with Gasteiger partial charge >= 0.3 is 0 Å². The maximum Gasteiger partial charge on any atom is 0.216 e. The Balaban J connectivity index is 2.91. The molecule has 96 valence electrons. The van der Waals surface area contributed by atoms with Crippen molar-refractivity contribution in [2.75, 3.05) is 0 Å². The van der Waals surface area contributed by atoms with Crippen LogP contribution in [-0.4, -0.2) is 14.5 Å². The Bertz CT molecular complexity index is 470. The molecule has 0 amide bonds. The van der Waals surface area contributed by atoms with E-state index in [1.54, 1.807) is 6.92 Å². The lowest BCUT2D eigenvalue weighted by atomic mass is 10.2. The molecule has 0 aromatic heterocycles. The first-order chi connectivity index (χ1) is 7.85. The third-order valence-corrected chi connectivity index (χ3v) is 4.17. The van der Waals surface area contributed by atoms with E-state index >= 15 is 0 Å². The summed E-state index contributed by atoms with van der Waals surface area (Å²) in [4.78, 5) is 0. The first kappa shape index (κ1) is 14.4. The highest BCUT2D eigenvalue weighted by molar-refractivity contribution is 7.88. The molecule has 0 bridgehead atoms. The molecular formula is C11H15ClFNO2S. The van der Waals surface area contributed by atoms with Crippen LogP contribution in [0.25, 0.3) is 0 Å². The molecule has 0 aliphatic carbocycles. The molecule has 0 saturated heterocycles. The predicted molar refractivity (Wildman–Crippen MR) is 66.9 cm³/mol. The van der Waals surface area contributed by atoms with E-state index in [1.807, 2.05) is 6.92 Å². The van der Waals surface area contributed by atoms with Gasteiger partial charge in [-0.15, -0.1) is 0 Å². The molecule has 0 radical (unpaired) electrons. The van der Waals surface area contributed by atoms with Crippen LogP contribution in [0.2, 0.25) is 5.02 Å². The molecule has 6 heteroatoms. The third kappa shape index (κ3) is 4.26. The van der Waals surface area contributed by atoms with Gasteiger partial charge in [-0.2, -0.15) is 0 Å². The lowest BCUT2D eigenvalue weighted by Crippen LogP contribution is -2.33. The number of benzene rings is 1. The molecule has 3 nitrogen and oxygen atoms in total. The highest BCUT2D eigenvalue weighted by atomic mass is 35.5. The summed E-state index contributed by atoms with van der Waals surface area (Å²) in [6.45, 7) is 3.61. The molecule has 0 spiro atoms. The second-order valence-corrected chi connectivity index (χ2v) is 6.05. The van der Waals surface area contributed by atoms with Crippen LogP contribution >= 0.6 is 11.6 Å². The van der Waals surface area contributed by atoms with Crippen molar-refractivity contribution in [1.29, 1.82) is 0 Å². The Hall–Kier alpha value is -0.650. The van der Waals surface area contributed by atoms with Gasteiger partial charge in [-0.1, -0.05) is 24.6 Å². The maximum atomic E-state index is 13.4. The van der Waals surface area contributed by atoms with Crippen LogP contribution in [0.4, 0.5) is 4.39 Å². The van der Waals surface area contributed by atoms with Gasteiger partial charge in [0, 0.05) is 16.6 Å². The molecule has 0 heterocycles. The van der Waals surface area contributed by atoms with E-state index in [0.717, 1.165) is 0 Å². The topological polar surface area (TPSA) is 46.2 Å². The minimum atomic E-state index is -3.57. The molecule has 17 heavy (non-hydrogen) atoms. The minimum absolute atomic E-state index is 0.00460. The van der Waals surface area contributed by atoms with E-state index in [-0.39, 0.29) is 16.6 Å². The predicted octanol–water partition coefficient (Wildman–Crippen LogP) is 2.70. The van der Waals surface area contributed by atoms with Crippen molar-refractivity contribution in [2.24, 2.45) is 0 Å². The van der Waals surface area contributed by atoms with Gasteiger partial charge in [0.15, 0.2) is 0 Å². The number of hydrogen-bond acceptors (Lipinski definition) is 2. The fourth-order valence-corrected chi connectivity index (χ4v) is 3.14. The summed E-state index contributed by atoms with van der Waals surface area (Å²) in [7, 11) is -3.57. The fourth-order valence-electron chi connectivity index (χ4n) is 1.29. The zero-order valence-electron chi connectivity index (χ0n) is 9.70. The van der Waals surface area contributed by atoms with Crippen LogP contribution in [-0.2, 0) is 15.8 Å². The lowest BCUT2D eigenvalue weighted by molar-refractivity contribution is 0.551. The fraction of sp³-hybridized carbons (Fsp3) is 0.455. The minimum Gasteiger partial charge on any atom is -0.212 e. The quantitative estimate of drug-likeness (QED) is 0.901. The molecule has 1 rings (SSSR count). The molecule has 1 unspecified atom stereocenters. The van der Waals surface area contributed by atoms with E-state index in [0.29, 0.717) is 6.42 Å².